The predicted molar refractivity (Wildman–Crippen MR) is 84.0 cm³/mol. The van der Waals surface area contributed by atoms with Crippen molar-refractivity contribution in [2.75, 3.05) is 19.8 Å². The smallest absolute Gasteiger partial charge is 0.0591 e. The molecule has 0 saturated heterocycles. The van der Waals surface area contributed by atoms with Crippen LogP contribution < -0.4 is 5.32 Å². The van der Waals surface area contributed by atoms with Crippen molar-refractivity contribution in [1.29, 1.82) is 0 Å². The molecule has 1 rings (SSSR count). The molecular weight excluding hydrogens is 358 g/mol. The molecule has 1 unspecified atom stereocenters. The SMILES string of the molecule is CCCCOCCNC(C)c1ccc(Br)cc1Br. The largest absolute Gasteiger partial charge is 0.380 e. The van der Waals surface area contributed by atoms with Gasteiger partial charge in [0.05, 0.1) is 6.61 Å². The molecule has 4 heteroatoms. The highest BCUT2D eigenvalue weighted by Crippen LogP contribution is 2.26. The molecule has 18 heavy (non-hydrogen) atoms. The number of unbranched alkanes of at least 4 members (excludes halogenated alkanes) is 1. The molecule has 0 spiro atoms. The van der Waals surface area contributed by atoms with Gasteiger partial charge in [-0.25, -0.2) is 0 Å². The summed E-state index contributed by atoms with van der Waals surface area (Å²) in [6, 6.07) is 6.59. The summed E-state index contributed by atoms with van der Waals surface area (Å²) in [7, 11) is 0. The fraction of sp³-hybridized carbons (Fsp3) is 0.571. The maximum absolute atomic E-state index is 5.53. The van der Waals surface area contributed by atoms with Crippen LogP contribution in [0.4, 0.5) is 0 Å². The van der Waals surface area contributed by atoms with Crippen molar-refractivity contribution in [2.45, 2.75) is 32.7 Å². The molecule has 1 aromatic rings. The second-order valence-corrected chi connectivity index (χ2v) is 6.08. The van der Waals surface area contributed by atoms with Crippen LogP contribution in [0.3, 0.4) is 0 Å². The van der Waals surface area contributed by atoms with Crippen molar-refractivity contribution in [1.82, 2.24) is 5.32 Å². The summed E-state index contributed by atoms with van der Waals surface area (Å²) >= 11 is 7.05. The van der Waals surface area contributed by atoms with Crippen LogP contribution >= 0.6 is 31.9 Å². The van der Waals surface area contributed by atoms with E-state index in [0.29, 0.717) is 6.04 Å². The van der Waals surface area contributed by atoms with Gasteiger partial charge in [-0.05, 0) is 31.0 Å². The summed E-state index contributed by atoms with van der Waals surface area (Å²) in [5.41, 5.74) is 1.27. The van der Waals surface area contributed by atoms with Crippen molar-refractivity contribution in [2.24, 2.45) is 0 Å². The van der Waals surface area contributed by atoms with Crippen LogP contribution in [-0.4, -0.2) is 19.8 Å². The van der Waals surface area contributed by atoms with Crippen molar-refractivity contribution < 1.29 is 4.74 Å². The molecule has 2 nitrogen and oxygen atoms in total. The van der Waals surface area contributed by atoms with Gasteiger partial charge in [0.1, 0.15) is 0 Å². The molecule has 102 valence electrons. The van der Waals surface area contributed by atoms with Gasteiger partial charge >= 0.3 is 0 Å². The Balaban J connectivity index is 2.29. The topological polar surface area (TPSA) is 21.3 Å². The Morgan fingerprint density at radius 1 is 1.28 bits per heavy atom. The van der Waals surface area contributed by atoms with Gasteiger partial charge in [0, 0.05) is 28.1 Å². The summed E-state index contributed by atoms with van der Waals surface area (Å²) in [5, 5.41) is 3.47. The molecule has 0 heterocycles. The van der Waals surface area contributed by atoms with Crippen molar-refractivity contribution in [3.05, 3.63) is 32.7 Å². The highest BCUT2D eigenvalue weighted by Gasteiger charge is 2.08. The minimum absolute atomic E-state index is 0.322. The van der Waals surface area contributed by atoms with E-state index in [-0.39, 0.29) is 0 Å². The molecule has 1 atom stereocenters. The molecule has 1 N–H and O–H groups in total. The van der Waals surface area contributed by atoms with E-state index in [9.17, 15) is 0 Å². The van der Waals surface area contributed by atoms with Crippen molar-refractivity contribution in [3.8, 4) is 0 Å². The Morgan fingerprint density at radius 2 is 2.06 bits per heavy atom. The van der Waals surface area contributed by atoms with Crippen LogP contribution in [0, 0.1) is 0 Å². The third kappa shape index (κ3) is 5.83. The van der Waals surface area contributed by atoms with Gasteiger partial charge in [-0.2, -0.15) is 0 Å². The van der Waals surface area contributed by atoms with Gasteiger partial charge in [0.15, 0.2) is 0 Å². The molecule has 1 aromatic carbocycles. The average molecular weight is 379 g/mol. The van der Waals surface area contributed by atoms with Gasteiger partial charge in [0.2, 0.25) is 0 Å². The van der Waals surface area contributed by atoms with Crippen LogP contribution in [0.1, 0.15) is 38.3 Å². The summed E-state index contributed by atoms with van der Waals surface area (Å²) in [6.45, 7) is 6.87. The Kier molecular flexibility index (Phi) is 8.15. The lowest BCUT2D eigenvalue weighted by atomic mass is 10.1. The van der Waals surface area contributed by atoms with Gasteiger partial charge in [-0.1, -0.05) is 51.3 Å². The predicted octanol–water partition coefficient (Wildman–Crippen LogP) is 4.68. The lowest BCUT2D eigenvalue weighted by molar-refractivity contribution is 0.131. The molecule has 0 aliphatic rings. The number of benzene rings is 1. The standard InChI is InChI=1S/C14H21Br2NO/c1-3-4-8-18-9-7-17-11(2)13-6-5-12(15)10-14(13)16/h5-6,10-11,17H,3-4,7-9H2,1-2H3. The maximum atomic E-state index is 5.53. The summed E-state index contributed by atoms with van der Waals surface area (Å²) in [5.74, 6) is 0. The first kappa shape index (κ1) is 16.2. The minimum Gasteiger partial charge on any atom is -0.380 e. The highest BCUT2D eigenvalue weighted by atomic mass is 79.9. The van der Waals surface area contributed by atoms with E-state index in [1.54, 1.807) is 0 Å². The number of halogens is 2. The summed E-state index contributed by atoms with van der Waals surface area (Å²) < 4.78 is 7.75. The zero-order valence-electron chi connectivity index (χ0n) is 11.0. The first-order chi connectivity index (χ1) is 8.65. The average Bonchev–Trinajstić information content (AvgIpc) is 2.33. The summed E-state index contributed by atoms with van der Waals surface area (Å²) in [6.07, 6.45) is 2.34. The molecule has 0 aliphatic carbocycles. The van der Waals surface area contributed by atoms with E-state index in [2.05, 4.69) is 69.2 Å². The zero-order valence-corrected chi connectivity index (χ0v) is 14.2. The number of hydrogen-bond acceptors (Lipinski definition) is 2. The lowest BCUT2D eigenvalue weighted by Crippen LogP contribution is -2.23. The van der Waals surface area contributed by atoms with E-state index < -0.39 is 0 Å². The first-order valence-electron chi connectivity index (χ1n) is 6.41. The zero-order chi connectivity index (χ0) is 13.4. The van der Waals surface area contributed by atoms with Gasteiger partial charge in [-0.3, -0.25) is 0 Å². The number of rotatable bonds is 8. The molecule has 0 radical (unpaired) electrons. The van der Waals surface area contributed by atoms with E-state index in [0.717, 1.165) is 35.1 Å². The quantitative estimate of drug-likeness (QED) is 0.663. The van der Waals surface area contributed by atoms with E-state index >= 15 is 0 Å². The molecule has 0 amide bonds. The monoisotopic (exact) mass is 377 g/mol. The van der Waals surface area contributed by atoms with Crippen LogP contribution in [-0.2, 0) is 4.74 Å². The van der Waals surface area contributed by atoms with E-state index in [4.69, 9.17) is 4.74 Å². The van der Waals surface area contributed by atoms with E-state index in [1.807, 2.05) is 0 Å². The normalized spacial score (nSPS) is 12.7. The lowest BCUT2D eigenvalue weighted by Gasteiger charge is -2.16. The second-order valence-electron chi connectivity index (χ2n) is 4.31. The highest BCUT2D eigenvalue weighted by molar-refractivity contribution is 9.11. The Morgan fingerprint density at radius 3 is 2.72 bits per heavy atom. The number of ether oxygens (including phenoxy) is 1. The number of hydrogen-bond donors (Lipinski definition) is 1. The van der Waals surface area contributed by atoms with Crippen LogP contribution in [0.2, 0.25) is 0 Å². The first-order valence-corrected chi connectivity index (χ1v) is 7.99. The third-order valence-corrected chi connectivity index (χ3v) is 3.95. The second kappa shape index (κ2) is 9.08. The van der Waals surface area contributed by atoms with Crippen molar-refractivity contribution >= 4 is 31.9 Å². The van der Waals surface area contributed by atoms with Gasteiger partial charge in [-0.15, -0.1) is 0 Å². The third-order valence-electron chi connectivity index (χ3n) is 2.77. The Labute approximate surface area is 127 Å². The molecule has 0 fully saturated rings. The van der Waals surface area contributed by atoms with Gasteiger partial charge < -0.3 is 10.1 Å². The molecule has 0 aliphatic heterocycles. The molecule has 0 bridgehead atoms. The van der Waals surface area contributed by atoms with Crippen LogP contribution in [0.5, 0.6) is 0 Å². The Hall–Kier alpha value is 0.1000. The van der Waals surface area contributed by atoms with E-state index in [1.165, 1.54) is 12.0 Å². The number of nitrogens with one attached hydrogen (secondary N) is 1. The van der Waals surface area contributed by atoms with Crippen LogP contribution in [0.25, 0.3) is 0 Å². The molecular formula is C14H21Br2NO. The van der Waals surface area contributed by atoms with Crippen LogP contribution in [0.15, 0.2) is 27.1 Å². The minimum atomic E-state index is 0.322. The fourth-order valence-corrected chi connectivity index (χ4v) is 3.05. The summed E-state index contributed by atoms with van der Waals surface area (Å²) in [4.78, 5) is 0. The fourth-order valence-electron chi connectivity index (χ4n) is 1.66. The van der Waals surface area contributed by atoms with Crippen molar-refractivity contribution in [3.63, 3.8) is 0 Å². The Bertz CT molecular complexity index is 358. The van der Waals surface area contributed by atoms with Gasteiger partial charge in [0.25, 0.3) is 0 Å². The molecule has 0 aromatic heterocycles. The molecule has 0 saturated carbocycles. The maximum Gasteiger partial charge on any atom is 0.0591 e.